The van der Waals surface area contributed by atoms with Crippen LogP contribution in [0.1, 0.15) is 26.7 Å². The second-order valence-corrected chi connectivity index (χ2v) is 6.51. The molecule has 2 N–H and O–H groups in total. The summed E-state index contributed by atoms with van der Waals surface area (Å²) in [7, 11) is 0. The Hall–Kier alpha value is -2.88. The molecular formula is C18H22N6O. The molecule has 25 heavy (non-hydrogen) atoms. The van der Waals surface area contributed by atoms with Gasteiger partial charge in [-0.2, -0.15) is 5.26 Å². The van der Waals surface area contributed by atoms with Crippen molar-refractivity contribution < 1.29 is 4.79 Å². The molecule has 3 rings (SSSR count). The van der Waals surface area contributed by atoms with Gasteiger partial charge in [0.1, 0.15) is 29.4 Å². The fraction of sp³-hybridized carbons (Fsp3) is 0.444. The number of rotatable bonds is 7. The minimum Gasteiger partial charge on any atom is -0.352 e. The van der Waals surface area contributed by atoms with E-state index >= 15 is 0 Å². The number of aromatic nitrogens is 3. The molecule has 1 saturated carbocycles. The molecule has 1 aliphatic rings. The third kappa shape index (κ3) is 3.97. The fourth-order valence-corrected chi connectivity index (χ4v) is 2.74. The zero-order valence-electron chi connectivity index (χ0n) is 14.5. The molecule has 0 aromatic carbocycles. The molecule has 0 atom stereocenters. The van der Waals surface area contributed by atoms with Gasteiger partial charge in [-0.25, -0.2) is 9.97 Å². The van der Waals surface area contributed by atoms with Crippen molar-refractivity contribution in [1.29, 1.82) is 5.26 Å². The number of nitriles is 1. The van der Waals surface area contributed by atoms with Crippen LogP contribution in [0.5, 0.6) is 0 Å². The molecule has 2 heterocycles. The molecule has 2 aromatic rings. The third-order valence-corrected chi connectivity index (χ3v) is 4.26. The van der Waals surface area contributed by atoms with E-state index in [1.54, 1.807) is 6.08 Å². The normalized spacial score (nSPS) is 14.6. The predicted octanol–water partition coefficient (Wildman–Crippen LogP) is 2.15. The van der Waals surface area contributed by atoms with Crippen LogP contribution in [0.25, 0.3) is 11.0 Å². The van der Waals surface area contributed by atoms with Crippen LogP contribution in [0.2, 0.25) is 0 Å². The average molecular weight is 338 g/mol. The Morgan fingerprint density at radius 1 is 1.52 bits per heavy atom. The summed E-state index contributed by atoms with van der Waals surface area (Å²) in [6, 6.07) is 4.16. The molecule has 7 nitrogen and oxygen atoms in total. The fourth-order valence-electron chi connectivity index (χ4n) is 2.74. The lowest BCUT2D eigenvalue weighted by Crippen LogP contribution is -2.39. The topological polar surface area (TPSA) is 97.7 Å². The van der Waals surface area contributed by atoms with E-state index in [-0.39, 0.29) is 17.5 Å². The molecule has 0 bridgehead atoms. The zero-order valence-corrected chi connectivity index (χ0v) is 14.5. The van der Waals surface area contributed by atoms with Gasteiger partial charge in [-0.3, -0.25) is 4.79 Å². The number of H-pyrrole nitrogens is 1. The average Bonchev–Trinajstić information content (AvgIpc) is 3.29. The highest BCUT2D eigenvalue weighted by atomic mass is 16.1. The number of carbonyl (C=O) groups excluding carboxylic acids is 1. The standard InChI is InChI=1S/C18H22N6O/c1-12(2)24(17-15-5-6-20-16(15)22-11-23-17)8-7-21-18(25)14(10-19)9-13-3-4-13/h5-6,9,11-13H,3-4,7-8H2,1-2H3,(H,21,25)(H,20,22,23). The van der Waals surface area contributed by atoms with Crippen LogP contribution in [0.4, 0.5) is 5.82 Å². The minimum absolute atomic E-state index is 0.211. The molecule has 0 aliphatic heterocycles. The SMILES string of the molecule is CC(C)N(CCNC(=O)C(C#N)=CC1CC1)c1ncnc2[nH]ccc12. The lowest BCUT2D eigenvalue weighted by molar-refractivity contribution is -0.117. The Balaban J connectivity index is 1.66. The smallest absolute Gasteiger partial charge is 0.261 e. The Labute approximate surface area is 146 Å². The maximum atomic E-state index is 12.1. The number of aromatic amines is 1. The van der Waals surface area contributed by atoms with Gasteiger partial charge in [0, 0.05) is 25.3 Å². The molecule has 0 spiro atoms. The lowest BCUT2D eigenvalue weighted by Gasteiger charge is -2.28. The Morgan fingerprint density at radius 2 is 2.32 bits per heavy atom. The highest BCUT2D eigenvalue weighted by Gasteiger charge is 2.22. The third-order valence-electron chi connectivity index (χ3n) is 4.26. The highest BCUT2D eigenvalue weighted by Crippen LogP contribution is 2.31. The van der Waals surface area contributed by atoms with Gasteiger partial charge in [0.25, 0.3) is 5.91 Å². The molecule has 1 amide bonds. The van der Waals surface area contributed by atoms with E-state index in [4.69, 9.17) is 5.26 Å². The van der Waals surface area contributed by atoms with Crippen LogP contribution in [0, 0.1) is 17.2 Å². The van der Waals surface area contributed by atoms with Gasteiger partial charge < -0.3 is 15.2 Å². The number of hydrogen-bond acceptors (Lipinski definition) is 5. The molecule has 0 radical (unpaired) electrons. The lowest BCUT2D eigenvalue weighted by atomic mass is 10.2. The molecule has 0 unspecified atom stereocenters. The molecule has 0 saturated heterocycles. The van der Waals surface area contributed by atoms with Gasteiger partial charge in [0.15, 0.2) is 0 Å². The molecule has 1 aliphatic carbocycles. The van der Waals surface area contributed by atoms with Gasteiger partial charge >= 0.3 is 0 Å². The zero-order chi connectivity index (χ0) is 17.8. The van der Waals surface area contributed by atoms with Gasteiger partial charge in [0.05, 0.1) is 5.39 Å². The number of nitrogens with zero attached hydrogens (tertiary/aromatic N) is 4. The summed E-state index contributed by atoms with van der Waals surface area (Å²) in [5.41, 5.74) is 1.01. The van der Waals surface area contributed by atoms with Gasteiger partial charge in [-0.05, 0) is 38.7 Å². The number of fused-ring (bicyclic) bond motifs is 1. The maximum absolute atomic E-state index is 12.1. The van der Waals surface area contributed by atoms with E-state index in [1.165, 1.54) is 6.33 Å². The summed E-state index contributed by atoms with van der Waals surface area (Å²) >= 11 is 0. The maximum Gasteiger partial charge on any atom is 0.261 e. The van der Waals surface area contributed by atoms with Crippen LogP contribution < -0.4 is 10.2 Å². The van der Waals surface area contributed by atoms with Crippen LogP contribution in [-0.4, -0.2) is 40.0 Å². The van der Waals surface area contributed by atoms with Crippen molar-refractivity contribution in [2.45, 2.75) is 32.7 Å². The summed E-state index contributed by atoms with van der Waals surface area (Å²) in [6.45, 7) is 5.20. The highest BCUT2D eigenvalue weighted by molar-refractivity contribution is 5.97. The van der Waals surface area contributed by atoms with Crippen molar-refractivity contribution in [1.82, 2.24) is 20.3 Å². The summed E-state index contributed by atoms with van der Waals surface area (Å²) < 4.78 is 0. The first-order valence-corrected chi connectivity index (χ1v) is 8.55. The summed E-state index contributed by atoms with van der Waals surface area (Å²) in [5, 5.41) is 12.9. The number of carbonyl (C=O) groups is 1. The van der Waals surface area contributed by atoms with Crippen LogP contribution in [0.15, 0.2) is 30.2 Å². The van der Waals surface area contributed by atoms with E-state index in [2.05, 4.69) is 39.0 Å². The van der Waals surface area contributed by atoms with Crippen molar-refractivity contribution >= 4 is 22.8 Å². The molecule has 130 valence electrons. The van der Waals surface area contributed by atoms with Gasteiger partial charge in [-0.1, -0.05) is 6.08 Å². The van der Waals surface area contributed by atoms with Crippen LogP contribution in [-0.2, 0) is 4.79 Å². The molecular weight excluding hydrogens is 316 g/mol. The number of nitrogens with one attached hydrogen (secondary N) is 2. The largest absolute Gasteiger partial charge is 0.352 e. The number of allylic oxidation sites excluding steroid dienone is 1. The summed E-state index contributed by atoms with van der Waals surface area (Å²) in [4.78, 5) is 26.0. The number of anilines is 1. The predicted molar refractivity (Wildman–Crippen MR) is 95.8 cm³/mol. The minimum atomic E-state index is -0.299. The first kappa shape index (κ1) is 17.0. The van der Waals surface area contributed by atoms with Gasteiger partial charge in [-0.15, -0.1) is 0 Å². The summed E-state index contributed by atoms with van der Waals surface area (Å²) in [5.74, 6) is 0.938. The molecule has 2 aromatic heterocycles. The van der Waals surface area contributed by atoms with E-state index in [0.717, 1.165) is 29.7 Å². The quantitative estimate of drug-likeness (QED) is 0.595. The monoisotopic (exact) mass is 338 g/mol. The van der Waals surface area contributed by atoms with E-state index in [1.807, 2.05) is 18.3 Å². The van der Waals surface area contributed by atoms with Crippen LogP contribution >= 0.6 is 0 Å². The van der Waals surface area contributed by atoms with Crippen molar-refractivity contribution in [3.05, 3.63) is 30.2 Å². The van der Waals surface area contributed by atoms with Crippen LogP contribution in [0.3, 0.4) is 0 Å². The second-order valence-electron chi connectivity index (χ2n) is 6.51. The van der Waals surface area contributed by atoms with E-state index < -0.39 is 0 Å². The van der Waals surface area contributed by atoms with Crippen molar-refractivity contribution in [2.24, 2.45) is 5.92 Å². The second kappa shape index (κ2) is 7.34. The first-order valence-electron chi connectivity index (χ1n) is 8.55. The summed E-state index contributed by atoms with van der Waals surface area (Å²) in [6.07, 6.45) is 7.29. The van der Waals surface area contributed by atoms with Crippen molar-refractivity contribution in [3.63, 3.8) is 0 Å². The van der Waals surface area contributed by atoms with Gasteiger partial charge in [0.2, 0.25) is 0 Å². The van der Waals surface area contributed by atoms with Crippen molar-refractivity contribution in [2.75, 3.05) is 18.0 Å². The number of hydrogen-bond donors (Lipinski definition) is 2. The first-order chi connectivity index (χ1) is 12.1. The Kier molecular flexibility index (Phi) is 4.98. The van der Waals surface area contributed by atoms with Crippen molar-refractivity contribution in [3.8, 4) is 6.07 Å². The molecule has 7 heteroatoms. The van der Waals surface area contributed by atoms with E-state index in [9.17, 15) is 4.79 Å². The number of amides is 1. The molecule has 1 fully saturated rings. The Bertz CT molecular complexity index is 827. The Morgan fingerprint density at radius 3 is 3.00 bits per heavy atom. The van der Waals surface area contributed by atoms with E-state index in [0.29, 0.717) is 19.0 Å².